The molecule has 1 aromatic rings. The van der Waals surface area contributed by atoms with E-state index in [4.69, 9.17) is 4.74 Å². The number of methoxy groups -OCH3 is 1. The number of aryl methyl sites for hydroxylation is 1. The minimum absolute atomic E-state index is 0.268. The third-order valence-electron chi connectivity index (χ3n) is 3.92. The predicted octanol–water partition coefficient (Wildman–Crippen LogP) is 2.83. The standard InChI is InChI=1S/C16H23NO2/c1-3-13-11-14(4-5-16(13)19-2)15(18)10-12-6-8-17-9-7-12/h4-5,11-12,17H,3,6-10H2,1-2H3. The molecule has 1 saturated heterocycles. The third-order valence-corrected chi connectivity index (χ3v) is 3.92. The van der Waals surface area contributed by atoms with Crippen molar-refractivity contribution in [3.8, 4) is 5.75 Å². The SMILES string of the molecule is CCc1cc(C(=O)CC2CCNCC2)ccc1OC. The lowest BCUT2D eigenvalue weighted by Gasteiger charge is -2.22. The molecule has 1 aromatic carbocycles. The first-order chi connectivity index (χ1) is 9.24. The molecule has 3 nitrogen and oxygen atoms in total. The number of hydrogen-bond donors (Lipinski definition) is 1. The molecule has 1 aliphatic heterocycles. The van der Waals surface area contributed by atoms with Crippen LogP contribution in [-0.4, -0.2) is 26.0 Å². The smallest absolute Gasteiger partial charge is 0.163 e. The highest BCUT2D eigenvalue weighted by atomic mass is 16.5. The fourth-order valence-corrected chi connectivity index (χ4v) is 2.69. The number of carbonyl (C=O) groups is 1. The van der Waals surface area contributed by atoms with Crippen LogP contribution >= 0.6 is 0 Å². The zero-order valence-corrected chi connectivity index (χ0v) is 11.9. The summed E-state index contributed by atoms with van der Waals surface area (Å²) < 4.78 is 5.30. The largest absolute Gasteiger partial charge is 0.496 e. The number of Topliss-reactive ketones (excluding diaryl/α,β-unsaturated/α-hetero) is 1. The Morgan fingerprint density at radius 1 is 1.37 bits per heavy atom. The highest BCUT2D eigenvalue weighted by Gasteiger charge is 2.18. The zero-order valence-electron chi connectivity index (χ0n) is 11.9. The van der Waals surface area contributed by atoms with Crippen LogP contribution in [0.5, 0.6) is 5.75 Å². The average Bonchev–Trinajstić information content (AvgIpc) is 2.47. The van der Waals surface area contributed by atoms with Crippen molar-refractivity contribution in [1.82, 2.24) is 5.32 Å². The molecule has 0 spiro atoms. The first-order valence-corrected chi connectivity index (χ1v) is 7.15. The van der Waals surface area contributed by atoms with Crippen LogP contribution in [0.2, 0.25) is 0 Å². The summed E-state index contributed by atoms with van der Waals surface area (Å²) in [4.78, 5) is 12.3. The Kier molecular flexibility index (Phi) is 4.97. The van der Waals surface area contributed by atoms with Crippen LogP contribution in [0.15, 0.2) is 18.2 Å². The molecular formula is C16H23NO2. The van der Waals surface area contributed by atoms with Crippen LogP contribution in [-0.2, 0) is 6.42 Å². The maximum atomic E-state index is 12.3. The molecule has 1 fully saturated rings. The number of ether oxygens (including phenoxy) is 1. The van der Waals surface area contributed by atoms with Gasteiger partial charge in [0, 0.05) is 12.0 Å². The lowest BCUT2D eigenvalue weighted by molar-refractivity contribution is 0.0952. The van der Waals surface area contributed by atoms with Crippen LogP contribution in [0.1, 0.15) is 42.1 Å². The molecule has 104 valence electrons. The van der Waals surface area contributed by atoms with E-state index >= 15 is 0 Å². The topological polar surface area (TPSA) is 38.3 Å². The van der Waals surface area contributed by atoms with Crippen LogP contribution < -0.4 is 10.1 Å². The first kappa shape index (κ1) is 14.1. The van der Waals surface area contributed by atoms with Crippen molar-refractivity contribution >= 4 is 5.78 Å². The van der Waals surface area contributed by atoms with Gasteiger partial charge >= 0.3 is 0 Å². The number of rotatable bonds is 5. The van der Waals surface area contributed by atoms with E-state index in [1.54, 1.807) is 7.11 Å². The molecule has 0 aliphatic carbocycles. The van der Waals surface area contributed by atoms with Gasteiger partial charge in [-0.05, 0) is 62.0 Å². The Bertz CT molecular complexity index is 436. The third kappa shape index (κ3) is 3.57. The number of nitrogens with one attached hydrogen (secondary N) is 1. The fraction of sp³-hybridized carbons (Fsp3) is 0.562. The van der Waals surface area contributed by atoms with Gasteiger partial charge in [-0.2, -0.15) is 0 Å². The molecule has 1 aliphatic rings. The molecule has 1 heterocycles. The second-order valence-corrected chi connectivity index (χ2v) is 5.20. The Morgan fingerprint density at radius 2 is 2.11 bits per heavy atom. The van der Waals surface area contributed by atoms with Crippen LogP contribution in [0, 0.1) is 5.92 Å². The van der Waals surface area contributed by atoms with Gasteiger partial charge in [-0.3, -0.25) is 4.79 Å². The maximum absolute atomic E-state index is 12.3. The quantitative estimate of drug-likeness (QED) is 0.828. The van der Waals surface area contributed by atoms with Gasteiger partial charge in [0.15, 0.2) is 5.78 Å². The fourth-order valence-electron chi connectivity index (χ4n) is 2.69. The van der Waals surface area contributed by atoms with Gasteiger partial charge in [-0.15, -0.1) is 0 Å². The van der Waals surface area contributed by atoms with Crippen molar-refractivity contribution < 1.29 is 9.53 Å². The van der Waals surface area contributed by atoms with E-state index in [1.807, 2.05) is 18.2 Å². The van der Waals surface area contributed by atoms with Gasteiger partial charge in [-0.25, -0.2) is 0 Å². The first-order valence-electron chi connectivity index (χ1n) is 7.15. The van der Waals surface area contributed by atoms with Crippen LogP contribution in [0.3, 0.4) is 0 Å². The van der Waals surface area contributed by atoms with Gasteiger partial charge in [0.2, 0.25) is 0 Å². The summed E-state index contributed by atoms with van der Waals surface area (Å²) in [6.45, 7) is 4.17. The molecule has 0 atom stereocenters. The minimum atomic E-state index is 0.268. The molecule has 2 rings (SSSR count). The van der Waals surface area contributed by atoms with Crippen molar-refractivity contribution in [2.45, 2.75) is 32.6 Å². The Labute approximate surface area is 115 Å². The van der Waals surface area contributed by atoms with Gasteiger partial charge in [0.1, 0.15) is 5.75 Å². The number of carbonyl (C=O) groups excluding carboxylic acids is 1. The van der Waals surface area contributed by atoms with Gasteiger partial charge in [0.25, 0.3) is 0 Å². The molecule has 0 radical (unpaired) electrons. The highest BCUT2D eigenvalue weighted by Crippen LogP contribution is 2.23. The molecule has 19 heavy (non-hydrogen) atoms. The molecule has 1 N–H and O–H groups in total. The zero-order chi connectivity index (χ0) is 13.7. The summed E-state index contributed by atoms with van der Waals surface area (Å²) in [7, 11) is 1.67. The molecule has 0 saturated carbocycles. The van der Waals surface area contributed by atoms with Gasteiger partial charge in [0.05, 0.1) is 7.11 Å². The Hall–Kier alpha value is -1.35. The molecule has 0 unspecified atom stereocenters. The van der Waals surface area contributed by atoms with Crippen LogP contribution in [0.4, 0.5) is 0 Å². The summed E-state index contributed by atoms with van der Waals surface area (Å²) in [5.41, 5.74) is 1.94. The summed E-state index contributed by atoms with van der Waals surface area (Å²) in [5.74, 6) is 1.69. The van der Waals surface area contributed by atoms with E-state index in [2.05, 4.69) is 12.2 Å². The number of ketones is 1. The van der Waals surface area contributed by atoms with Crippen molar-refractivity contribution in [3.05, 3.63) is 29.3 Å². The van der Waals surface area contributed by atoms with E-state index in [1.165, 1.54) is 0 Å². The van der Waals surface area contributed by atoms with Gasteiger partial charge in [-0.1, -0.05) is 6.92 Å². The monoisotopic (exact) mass is 261 g/mol. The van der Waals surface area contributed by atoms with E-state index in [-0.39, 0.29) is 5.78 Å². The molecule has 0 bridgehead atoms. The lowest BCUT2D eigenvalue weighted by Crippen LogP contribution is -2.28. The molecule has 0 amide bonds. The number of piperidine rings is 1. The molecule has 3 heteroatoms. The maximum Gasteiger partial charge on any atom is 0.163 e. The normalized spacial score (nSPS) is 16.3. The van der Waals surface area contributed by atoms with Crippen molar-refractivity contribution in [1.29, 1.82) is 0 Å². The van der Waals surface area contributed by atoms with Crippen molar-refractivity contribution in [2.75, 3.05) is 20.2 Å². The van der Waals surface area contributed by atoms with Crippen molar-refractivity contribution in [2.24, 2.45) is 5.92 Å². The number of benzene rings is 1. The van der Waals surface area contributed by atoms with E-state index in [0.717, 1.165) is 49.2 Å². The lowest BCUT2D eigenvalue weighted by atomic mass is 9.90. The van der Waals surface area contributed by atoms with E-state index < -0.39 is 0 Å². The number of hydrogen-bond acceptors (Lipinski definition) is 3. The second-order valence-electron chi connectivity index (χ2n) is 5.20. The summed E-state index contributed by atoms with van der Waals surface area (Å²) in [5, 5.41) is 3.33. The molecular weight excluding hydrogens is 238 g/mol. The van der Waals surface area contributed by atoms with Crippen molar-refractivity contribution in [3.63, 3.8) is 0 Å². The minimum Gasteiger partial charge on any atom is -0.496 e. The van der Waals surface area contributed by atoms with E-state index in [0.29, 0.717) is 12.3 Å². The van der Waals surface area contributed by atoms with Crippen LogP contribution in [0.25, 0.3) is 0 Å². The Morgan fingerprint density at radius 3 is 2.74 bits per heavy atom. The second kappa shape index (κ2) is 6.71. The highest BCUT2D eigenvalue weighted by molar-refractivity contribution is 5.96. The molecule has 0 aromatic heterocycles. The predicted molar refractivity (Wildman–Crippen MR) is 76.9 cm³/mol. The summed E-state index contributed by atoms with van der Waals surface area (Å²) in [6, 6.07) is 5.79. The van der Waals surface area contributed by atoms with Gasteiger partial charge < -0.3 is 10.1 Å². The average molecular weight is 261 g/mol. The Balaban J connectivity index is 2.05. The summed E-state index contributed by atoms with van der Waals surface area (Å²) in [6.07, 6.45) is 3.79. The summed E-state index contributed by atoms with van der Waals surface area (Å²) >= 11 is 0. The van der Waals surface area contributed by atoms with E-state index in [9.17, 15) is 4.79 Å².